The lowest BCUT2D eigenvalue weighted by Crippen LogP contribution is -2.13. The summed E-state index contributed by atoms with van der Waals surface area (Å²) in [6.07, 6.45) is 2.92. The molecular weight excluding hydrogens is 154 g/mol. The zero-order valence-electron chi connectivity index (χ0n) is 6.49. The Hall–Kier alpha value is -1.67. The van der Waals surface area contributed by atoms with Crippen LogP contribution in [0.1, 0.15) is 5.69 Å². The Labute approximate surface area is 70.2 Å². The molecule has 1 aromatic rings. The molecule has 5 heteroatoms. The van der Waals surface area contributed by atoms with Crippen molar-refractivity contribution in [3.63, 3.8) is 0 Å². The van der Waals surface area contributed by atoms with Crippen LogP contribution in [0.4, 0.5) is 5.82 Å². The molecule has 0 bridgehead atoms. The molecule has 0 aliphatic carbocycles. The number of anilines is 1. The van der Waals surface area contributed by atoms with E-state index in [4.69, 9.17) is 11.0 Å². The Morgan fingerprint density at radius 1 is 1.50 bits per heavy atom. The highest BCUT2D eigenvalue weighted by Gasteiger charge is 1.93. The minimum absolute atomic E-state index is 0.313. The molecule has 1 aromatic heterocycles. The smallest absolute Gasteiger partial charge is 0.158 e. The van der Waals surface area contributed by atoms with E-state index >= 15 is 0 Å². The quantitative estimate of drug-likeness (QED) is 0.639. The predicted molar refractivity (Wildman–Crippen MR) is 44.3 cm³/mol. The van der Waals surface area contributed by atoms with E-state index in [-0.39, 0.29) is 0 Å². The summed E-state index contributed by atoms with van der Waals surface area (Å²) in [7, 11) is 0. The number of nitrogens with zero attached hydrogens (tertiary/aromatic N) is 3. The van der Waals surface area contributed by atoms with Crippen molar-refractivity contribution in [2.45, 2.75) is 0 Å². The van der Waals surface area contributed by atoms with E-state index in [0.717, 1.165) is 0 Å². The van der Waals surface area contributed by atoms with Gasteiger partial charge < -0.3 is 11.1 Å². The zero-order chi connectivity index (χ0) is 8.81. The Kier molecular flexibility index (Phi) is 2.99. The highest BCUT2D eigenvalue weighted by molar-refractivity contribution is 5.32. The zero-order valence-corrected chi connectivity index (χ0v) is 6.49. The second-order valence-corrected chi connectivity index (χ2v) is 2.11. The van der Waals surface area contributed by atoms with Gasteiger partial charge in [0.25, 0.3) is 0 Å². The van der Waals surface area contributed by atoms with Crippen LogP contribution in [0.15, 0.2) is 12.4 Å². The lowest BCUT2D eigenvalue weighted by molar-refractivity contribution is 1.00. The first-order chi connectivity index (χ1) is 5.86. The number of nitrogens with two attached hydrogens (primary N) is 1. The van der Waals surface area contributed by atoms with Crippen LogP contribution in [-0.2, 0) is 0 Å². The summed E-state index contributed by atoms with van der Waals surface area (Å²) in [4.78, 5) is 7.76. The number of hydrogen-bond donors (Lipinski definition) is 2. The van der Waals surface area contributed by atoms with Crippen molar-refractivity contribution in [3.8, 4) is 6.07 Å². The molecule has 0 aromatic carbocycles. The number of nitriles is 1. The van der Waals surface area contributed by atoms with Crippen LogP contribution < -0.4 is 11.1 Å². The van der Waals surface area contributed by atoms with Crippen LogP contribution >= 0.6 is 0 Å². The van der Waals surface area contributed by atoms with Gasteiger partial charge in [0.05, 0.1) is 12.4 Å². The Morgan fingerprint density at radius 2 is 2.33 bits per heavy atom. The topological polar surface area (TPSA) is 87.6 Å². The van der Waals surface area contributed by atoms with Gasteiger partial charge in [-0.3, -0.25) is 0 Å². The van der Waals surface area contributed by atoms with Crippen LogP contribution in [0.3, 0.4) is 0 Å². The Morgan fingerprint density at radius 3 is 2.83 bits per heavy atom. The average molecular weight is 163 g/mol. The Balaban J connectivity index is 2.60. The van der Waals surface area contributed by atoms with E-state index in [0.29, 0.717) is 24.6 Å². The summed E-state index contributed by atoms with van der Waals surface area (Å²) in [5.41, 5.74) is 5.58. The Bertz CT molecular complexity index is 273. The maximum Gasteiger partial charge on any atom is 0.158 e. The van der Waals surface area contributed by atoms with E-state index in [2.05, 4.69) is 15.3 Å². The third-order valence-electron chi connectivity index (χ3n) is 1.22. The second kappa shape index (κ2) is 4.26. The van der Waals surface area contributed by atoms with E-state index < -0.39 is 0 Å². The van der Waals surface area contributed by atoms with E-state index in [1.807, 2.05) is 6.07 Å². The molecule has 62 valence electrons. The molecule has 0 saturated carbocycles. The summed E-state index contributed by atoms with van der Waals surface area (Å²) < 4.78 is 0. The maximum atomic E-state index is 8.41. The standard InChI is InChI=1S/C7H9N5/c8-1-2-10-7-5-11-6(3-9)4-12-7/h4-5H,1-2,8H2,(H,10,12). The molecule has 0 radical (unpaired) electrons. The fourth-order valence-corrected chi connectivity index (χ4v) is 0.677. The molecule has 0 aliphatic heterocycles. The highest BCUT2D eigenvalue weighted by Crippen LogP contribution is 1.98. The highest BCUT2D eigenvalue weighted by atomic mass is 15.0. The molecule has 0 atom stereocenters. The summed E-state index contributed by atoms with van der Waals surface area (Å²) >= 11 is 0. The first-order valence-electron chi connectivity index (χ1n) is 3.53. The van der Waals surface area contributed by atoms with Crippen molar-refractivity contribution >= 4 is 5.82 Å². The summed E-state index contributed by atoms with van der Waals surface area (Å²) in [5.74, 6) is 0.638. The lowest BCUT2D eigenvalue weighted by atomic mass is 10.5. The van der Waals surface area contributed by atoms with Crippen molar-refractivity contribution in [2.75, 3.05) is 18.4 Å². The maximum absolute atomic E-state index is 8.41. The first-order valence-corrected chi connectivity index (χ1v) is 3.53. The molecule has 0 fully saturated rings. The first kappa shape index (κ1) is 8.43. The molecule has 12 heavy (non-hydrogen) atoms. The van der Waals surface area contributed by atoms with Gasteiger partial charge in [-0.1, -0.05) is 0 Å². The molecule has 0 unspecified atom stereocenters. The van der Waals surface area contributed by atoms with Crippen LogP contribution in [0.5, 0.6) is 0 Å². The second-order valence-electron chi connectivity index (χ2n) is 2.11. The van der Waals surface area contributed by atoms with Gasteiger partial charge >= 0.3 is 0 Å². The summed E-state index contributed by atoms with van der Waals surface area (Å²) in [6.45, 7) is 1.20. The molecule has 0 spiro atoms. The third kappa shape index (κ3) is 2.18. The fourth-order valence-electron chi connectivity index (χ4n) is 0.677. The van der Waals surface area contributed by atoms with Gasteiger partial charge in [-0.15, -0.1) is 0 Å². The molecule has 0 saturated heterocycles. The van der Waals surface area contributed by atoms with Gasteiger partial charge in [-0.2, -0.15) is 5.26 Å². The van der Waals surface area contributed by atoms with Crippen molar-refractivity contribution in [3.05, 3.63) is 18.1 Å². The number of nitrogens with one attached hydrogen (secondary N) is 1. The number of hydrogen-bond acceptors (Lipinski definition) is 5. The van der Waals surface area contributed by atoms with Crippen molar-refractivity contribution in [1.82, 2.24) is 9.97 Å². The summed E-state index contributed by atoms with van der Waals surface area (Å²) in [6, 6.07) is 1.88. The van der Waals surface area contributed by atoms with Crippen molar-refractivity contribution in [1.29, 1.82) is 5.26 Å². The molecule has 1 rings (SSSR count). The van der Waals surface area contributed by atoms with Gasteiger partial charge in [-0.05, 0) is 0 Å². The van der Waals surface area contributed by atoms with Crippen LogP contribution in [0.2, 0.25) is 0 Å². The van der Waals surface area contributed by atoms with Crippen LogP contribution in [0, 0.1) is 11.3 Å². The number of rotatable bonds is 3. The fraction of sp³-hybridized carbons (Fsp3) is 0.286. The normalized spacial score (nSPS) is 9.00. The van der Waals surface area contributed by atoms with Gasteiger partial charge in [0, 0.05) is 13.1 Å². The van der Waals surface area contributed by atoms with Crippen molar-refractivity contribution in [2.24, 2.45) is 5.73 Å². The summed E-state index contributed by atoms with van der Waals surface area (Å²) in [5, 5.41) is 11.3. The molecule has 0 aliphatic rings. The number of aromatic nitrogens is 2. The van der Waals surface area contributed by atoms with Gasteiger partial charge in [0.15, 0.2) is 5.69 Å². The van der Waals surface area contributed by atoms with Crippen LogP contribution in [-0.4, -0.2) is 23.1 Å². The van der Waals surface area contributed by atoms with Gasteiger partial charge in [0.1, 0.15) is 11.9 Å². The minimum atomic E-state index is 0.313. The molecule has 0 amide bonds. The molecular formula is C7H9N5. The molecule has 1 heterocycles. The largest absolute Gasteiger partial charge is 0.368 e. The van der Waals surface area contributed by atoms with Crippen molar-refractivity contribution < 1.29 is 0 Å². The predicted octanol–water partition coefficient (Wildman–Crippen LogP) is -0.281. The lowest BCUT2D eigenvalue weighted by Gasteiger charge is -2.00. The SMILES string of the molecule is N#Cc1cnc(NCCN)cn1. The third-order valence-corrected chi connectivity index (χ3v) is 1.22. The molecule has 3 N–H and O–H groups in total. The average Bonchev–Trinajstić information content (AvgIpc) is 2.15. The molecule has 5 nitrogen and oxygen atoms in total. The minimum Gasteiger partial charge on any atom is -0.368 e. The van der Waals surface area contributed by atoms with E-state index in [9.17, 15) is 0 Å². The van der Waals surface area contributed by atoms with Crippen LogP contribution in [0.25, 0.3) is 0 Å². The van der Waals surface area contributed by atoms with E-state index in [1.165, 1.54) is 12.4 Å². The van der Waals surface area contributed by atoms with E-state index in [1.54, 1.807) is 0 Å². The monoisotopic (exact) mass is 163 g/mol. The van der Waals surface area contributed by atoms with Gasteiger partial charge in [-0.25, -0.2) is 9.97 Å². The van der Waals surface area contributed by atoms with Gasteiger partial charge in [0.2, 0.25) is 0 Å².